The molecule has 216 valence electrons. The minimum atomic E-state index is -0.720. The van der Waals surface area contributed by atoms with E-state index >= 15 is 0 Å². The molecule has 0 saturated heterocycles. The number of carbonyl (C=O) groups excluding carboxylic acids is 2. The van der Waals surface area contributed by atoms with Crippen molar-refractivity contribution in [3.63, 3.8) is 0 Å². The lowest BCUT2D eigenvalue weighted by Gasteiger charge is -2.63. The lowest BCUT2D eigenvalue weighted by molar-refractivity contribution is -0.227. The normalized spacial score (nSPS) is 48.8. The molecule has 0 radical (unpaired) electrons. The number of methoxy groups -OCH3 is 1. The molecule has 0 aromatic carbocycles. The second-order valence-corrected chi connectivity index (χ2v) is 13.5. The van der Waals surface area contributed by atoms with Crippen molar-refractivity contribution in [1.82, 2.24) is 0 Å². The molecule has 2 aliphatic heterocycles. The summed E-state index contributed by atoms with van der Waals surface area (Å²) < 4.78 is 27.5. The first-order chi connectivity index (χ1) is 18.6. The molecule has 8 heteroatoms. The number of ether oxygens (including phenoxy) is 5. The molecule has 0 bridgehead atoms. The van der Waals surface area contributed by atoms with Gasteiger partial charge in [-0.05, 0) is 112 Å². The molecule has 4 fully saturated rings. The van der Waals surface area contributed by atoms with Crippen LogP contribution in [0.15, 0.2) is 23.8 Å². The van der Waals surface area contributed by atoms with E-state index in [0.717, 1.165) is 63.4 Å². The first kappa shape index (κ1) is 27.3. The van der Waals surface area contributed by atoms with Crippen LogP contribution >= 0.6 is 0 Å². The second kappa shape index (κ2) is 9.88. The van der Waals surface area contributed by atoms with Gasteiger partial charge in [0, 0.05) is 11.5 Å². The minimum absolute atomic E-state index is 0.124. The predicted molar refractivity (Wildman–Crippen MR) is 141 cm³/mol. The summed E-state index contributed by atoms with van der Waals surface area (Å²) in [7, 11) is 1.29. The first-order valence-electron chi connectivity index (χ1n) is 14.9. The number of carbonyl (C=O) groups is 2. The molecule has 11 atom stereocenters. The number of esters is 1. The Morgan fingerprint density at radius 3 is 2.59 bits per heavy atom. The van der Waals surface area contributed by atoms with Gasteiger partial charge in [-0.1, -0.05) is 13.8 Å². The summed E-state index contributed by atoms with van der Waals surface area (Å²) in [4.78, 5) is 23.3. The van der Waals surface area contributed by atoms with Gasteiger partial charge < -0.3 is 28.8 Å². The molecule has 0 aromatic heterocycles. The van der Waals surface area contributed by atoms with Crippen molar-refractivity contribution in [3.05, 3.63) is 23.8 Å². The van der Waals surface area contributed by atoms with Crippen LogP contribution in [0.25, 0.3) is 0 Å². The molecule has 1 N–H and O–H groups in total. The van der Waals surface area contributed by atoms with Crippen molar-refractivity contribution >= 4 is 12.1 Å². The van der Waals surface area contributed by atoms with E-state index in [-0.39, 0.29) is 34.9 Å². The monoisotopic (exact) mass is 544 g/mol. The molecule has 5 unspecified atom stereocenters. The van der Waals surface area contributed by atoms with Crippen LogP contribution in [0.4, 0.5) is 4.79 Å². The molecule has 6 aliphatic rings. The number of hydrogen-bond donors (Lipinski definition) is 1. The molecule has 0 aromatic rings. The Morgan fingerprint density at radius 2 is 1.87 bits per heavy atom. The highest BCUT2D eigenvalue weighted by atomic mass is 16.7. The van der Waals surface area contributed by atoms with Crippen LogP contribution in [-0.2, 0) is 28.5 Å². The molecule has 2 heterocycles. The van der Waals surface area contributed by atoms with E-state index in [0.29, 0.717) is 24.4 Å². The maximum atomic E-state index is 12.4. The Morgan fingerprint density at radius 1 is 1.05 bits per heavy atom. The van der Waals surface area contributed by atoms with Crippen LogP contribution in [0.3, 0.4) is 0 Å². The zero-order valence-corrected chi connectivity index (χ0v) is 23.7. The van der Waals surface area contributed by atoms with E-state index in [4.69, 9.17) is 18.9 Å². The van der Waals surface area contributed by atoms with Gasteiger partial charge in [0.25, 0.3) is 0 Å². The Hall–Kier alpha value is -1.90. The number of hydrogen-bond acceptors (Lipinski definition) is 8. The summed E-state index contributed by atoms with van der Waals surface area (Å²) in [5.41, 5.74) is 0.396. The summed E-state index contributed by atoms with van der Waals surface area (Å²) in [5, 5.41) is 12.4. The summed E-state index contributed by atoms with van der Waals surface area (Å²) >= 11 is 0. The van der Waals surface area contributed by atoms with Gasteiger partial charge in [0.2, 0.25) is 0 Å². The highest BCUT2D eigenvalue weighted by molar-refractivity contribution is 5.85. The number of cyclic esters (lactones) is 1. The van der Waals surface area contributed by atoms with Crippen molar-refractivity contribution in [1.29, 1.82) is 0 Å². The van der Waals surface area contributed by atoms with Crippen molar-refractivity contribution in [2.24, 2.45) is 34.5 Å². The number of fused-ring (bicyclic) bond motifs is 5. The highest BCUT2D eigenvalue weighted by Crippen LogP contribution is 2.70. The summed E-state index contributed by atoms with van der Waals surface area (Å²) in [6, 6.07) is 0. The van der Waals surface area contributed by atoms with Crippen molar-refractivity contribution in [2.75, 3.05) is 13.7 Å². The third kappa shape index (κ3) is 4.36. The molecule has 6 rings (SSSR count). The van der Waals surface area contributed by atoms with Crippen LogP contribution in [0.2, 0.25) is 0 Å². The fourth-order valence-electron chi connectivity index (χ4n) is 9.75. The Bertz CT molecular complexity index is 1050. The van der Waals surface area contributed by atoms with Crippen molar-refractivity contribution in [2.45, 2.75) is 109 Å². The quantitative estimate of drug-likeness (QED) is 0.386. The van der Waals surface area contributed by atoms with Crippen LogP contribution < -0.4 is 0 Å². The van der Waals surface area contributed by atoms with Crippen LogP contribution in [0.1, 0.15) is 78.6 Å². The second-order valence-electron chi connectivity index (χ2n) is 13.5. The summed E-state index contributed by atoms with van der Waals surface area (Å²) in [6.07, 6.45) is 12.6. The molecule has 4 aliphatic carbocycles. The van der Waals surface area contributed by atoms with E-state index in [1.54, 1.807) is 6.08 Å². The fourth-order valence-corrected chi connectivity index (χ4v) is 9.75. The van der Waals surface area contributed by atoms with E-state index in [1.165, 1.54) is 7.11 Å². The van der Waals surface area contributed by atoms with Gasteiger partial charge in [-0.15, -0.1) is 0 Å². The van der Waals surface area contributed by atoms with Gasteiger partial charge in [-0.2, -0.15) is 0 Å². The van der Waals surface area contributed by atoms with Gasteiger partial charge >= 0.3 is 12.1 Å². The largest absolute Gasteiger partial charge is 0.508 e. The standard InChI is InChI=1S/C31H44O8/c1-18-25(39-28(33)35-4)7-8-27(37-18)38-21-9-12-29(2)20(16-21)5-6-24-23(29)10-13-30(3)22(11-14-31(24,30)34)19-15-26(32)36-17-19/h7-8,15,18,20-25,27,34H,5-6,9-14,16-17H2,1-4H3/t18?,20-,21-,22+,23?,24?,25+,27-,29?,30?,31-/m0/s1. The average Bonchev–Trinajstić information content (AvgIpc) is 3.45. The van der Waals surface area contributed by atoms with Crippen molar-refractivity contribution in [3.8, 4) is 0 Å². The Kier molecular flexibility index (Phi) is 6.91. The summed E-state index contributed by atoms with van der Waals surface area (Å²) in [5.74, 6) is 1.37. The third-order valence-electron chi connectivity index (χ3n) is 11.9. The van der Waals surface area contributed by atoms with Crippen LogP contribution in [0.5, 0.6) is 0 Å². The molecule has 0 amide bonds. The van der Waals surface area contributed by atoms with Gasteiger partial charge in [-0.25, -0.2) is 9.59 Å². The topological polar surface area (TPSA) is 101 Å². The lowest BCUT2D eigenvalue weighted by Crippen LogP contribution is -2.62. The smallest absolute Gasteiger partial charge is 0.458 e. The average molecular weight is 545 g/mol. The van der Waals surface area contributed by atoms with Crippen LogP contribution in [-0.4, -0.2) is 61.2 Å². The molecule has 39 heavy (non-hydrogen) atoms. The molecule has 0 spiro atoms. The van der Waals surface area contributed by atoms with Gasteiger partial charge in [0.15, 0.2) is 6.29 Å². The zero-order chi connectivity index (χ0) is 27.6. The van der Waals surface area contributed by atoms with E-state index < -0.39 is 24.2 Å². The van der Waals surface area contributed by atoms with Gasteiger partial charge in [0.1, 0.15) is 12.7 Å². The van der Waals surface area contributed by atoms with Gasteiger partial charge in [-0.3, -0.25) is 0 Å². The third-order valence-corrected chi connectivity index (χ3v) is 11.9. The first-order valence-corrected chi connectivity index (χ1v) is 14.9. The molecule has 8 nitrogen and oxygen atoms in total. The van der Waals surface area contributed by atoms with E-state index in [9.17, 15) is 14.7 Å². The number of rotatable bonds is 4. The van der Waals surface area contributed by atoms with Crippen LogP contribution in [0, 0.1) is 34.5 Å². The Balaban J connectivity index is 1.11. The number of aliphatic hydroxyl groups is 1. The van der Waals surface area contributed by atoms with E-state index in [2.05, 4.69) is 18.6 Å². The van der Waals surface area contributed by atoms with Crippen molar-refractivity contribution < 1.29 is 38.4 Å². The minimum Gasteiger partial charge on any atom is -0.458 e. The zero-order valence-electron chi connectivity index (χ0n) is 23.7. The Labute approximate surface area is 231 Å². The lowest BCUT2D eigenvalue weighted by atomic mass is 9.43. The SMILES string of the molecule is COC(=O)O[C@@H]1C=C[C@H](O[C@H]2CCC3(C)C4CCC5(C)[C@@H](C6=CC(=O)OC6)CC[C@]5(O)C4CC[C@H]3C2)OC1C. The predicted octanol–water partition coefficient (Wildman–Crippen LogP) is 5.08. The highest BCUT2D eigenvalue weighted by Gasteiger charge is 2.67. The maximum Gasteiger partial charge on any atom is 0.508 e. The van der Waals surface area contributed by atoms with E-state index in [1.807, 2.05) is 19.1 Å². The maximum absolute atomic E-state index is 12.4. The molecular weight excluding hydrogens is 500 g/mol. The molecule has 4 saturated carbocycles. The summed E-state index contributed by atoms with van der Waals surface area (Å²) in [6.45, 7) is 7.02. The fraction of sp³-hybridized carbons (Fsp3) is 0.806. The molecular formula is C31H44O8. The van der Waals surface area contributed by atoms with Gasteiger partial charge in [0.05, 0.1) is 24.9 Å².